The molecule has 0 radical (unpaired) electrons. The van der Waals surface area contributed by atoms with Crippen LogP contribution in [0.2, 0.25) is 0 Å². The molecule has 3 aromatic rings. The summed E-state index contributed by atoms with van der Waals surface area (Å²) >= 11 is 3.58. The van der Waals surface area contributed by atoms with E-state index in [2.05, 4.69) is 26.2 Å². The van der Waals surface area contributed by atoms with E-state index in [1.807, 2.05) is 38.1 Å². The summed E-state index contributed by atoms with van der Waals surface area (Å²) in [4.78, 5) is 28.0. The Kier molecular flexibility index (Phi) is 5.97. The van der Waals surface area contributed by atoms with E-state index < -0.39 is 12.0 Å². The average Bonchev–Trinajstić information content (AvgIpc) is 3.08. The normalized spacial score (nSPS) is 15.9. The highest BCUT2D eigenvalue weighted by Crippen LogP contribution is 2.39. The Morgan fingerprint density at radius 2 is 1.97 bits per heavy atom. The van der Waals surface area contributed by atoms with Crippen LogP contribution in [0.3, 0.4) is 0 Å². The van der Waals surface area contributed by atoms with Crippen molar-refractivity contribution in [3.05, 3.63) is 70.2 Å². The Labute approximate surface area is 192 Å². The predicted octanol–water partition coefficient (Wildman–Crippen LogP) is 5.70. The molecule has 1 aromatic heterocycles. The first kappa shape index (κ1) is 22.0. The number of hydrogen-bond acceptors (Lipinski definition) is 5. The Bertz CT molecular complexity index is 1270. The number of hydrogen-bond donors (Lipinski definition) is 1. The number of benzene rings is 2. The van der Waals surface area contributed by atoms with Gasteiger partial charge >= 0.3 is 6.09 Å². The van der Waals surface area contributed by atoms with Gasteiger partial charge in [0.15, 0.2) is 5.76 Å². The molecular weight excluding hydrogens is 479 g/mol. The third kappa shape index (κ3) is 4.10. The second-order valence-corrected chi connectivity index (χ2v) is 8.59. The van der Waals surface area contributed by atoms with Gasteiger partial charge in [0, 0.05) is 26.9 Å². The summed E-state index contributed by atoms with van der Waals surface area (Å²) in [7, 11) is 1.51. The molecule has 2 heterocycles. The zero-order valence-electron chi connectivity index (χ0n) is 17.6. The Morgan fingerprint density at radius 1 is 1.19 bits per heavy atom. The minimum absolute atomic E-state index is 0.0396. The van der Waals surface area contributed by atoms with Gasteiger partial charge in [-0.25, -0.2) is 14.2 Å². The maximum absolute atomic E-state index is 14.3. The van der Waals surface area contributed by atoms with Crippen LogP contribution < -0.4 is 10.1 Å². The number of fused-ring (bicyclic) bond motifs is 1. The lowest BCUT2D eigenvalue weighted by Crippen LogP contribution is -2.19. The fourth-order valence-corrected chi connectivity index (χ4v) is 4.28. The SMILES string of the molecule is COc1nc(-c2ccc3cccc(F)c3c2)c(Br)cc1C(/C=C1/OC(=O)NC1=O)C(C)C. The van der Waals surface area contributed by atoms with Gasteiger partial charge in [0.05, 0.1) is 12.8 Å². The van der Waals surface area contributed by atoms with E-state index in [-0.39, 0.29) is 23.4 Å². The molecule has 0 saturated carbocycles. The van der Waals surface area contributed by atoms with Crippen molar-refractivity contribution < 1.29 is 23.5 Å². The summed E-state index contributed by atoms with van der Waals surface area (Å²) < 4.78 is 25.5. The number of aromatic nitrogens is 1. The predicted molar refractivity (Wildman–Crippen MR) is 122 cm³/mol. The van der Waals surface area contributed by atoms with Crippen molar-refractivity contribution in [3.8, 4) is 17.1 Å². The number of allylic oxidation sites excluding steroid dienone is 1. The molecule has 164 valence electrons. The van der Waals surface area contributed by atoms with Crippen LogP contribution >= 0.6 is 15.9 Å². The number of nitrogens with one attached hydrogen (secondary N) is 1. The molecule has 1 unspecified atom stereocenters. The average molecular weight is 499 g/mol. The number of carbonyl (C=O) groups is 2. The van der Waals surface area contributed by atoms with Crippen LogP contribution in [0.5, 0.6) is 5.88 Å². The number of ether oxygens (including phenoxy) is 2. The third-order valence-corrected chi connectivity index (χ3v) is 5.92. The molecule has 0 bridgehead atoms. The molecule has 1 atom stereocenters. The molecule has 4 rings (SSSR count). The summed E-state index contributed by atoms with van der Waals surface area (Å²) in [5.41, 5.74) is 2.03. The van der Waals surface area contributed by atoms with Gasteiger partial charge in [-0.15, -0.1) is 0 Å². The van der Waals surface area contributed by atoms with Gasteiger partial charge in [-0.3, -0.25) is 10.1 Å². The van der Waals surface area contributed by atoms with Gasteiger partial charge < -0.3 is 9.47 Å². The fraction of sp³-hybridized carbons (Fsp3) is 0.208. The molecule has 8 heteroatoms. The van der Waals surface area contributed by atoms with Gasteiger partial charge in [0.1, 0.15) is 5.82 Å². The van der Waals surface area contributed by atoms with Crippen molar-refractivity contribution in [1.82, 2.24) is 10.3 Å². The Balaban J connectivity index is 1.81. The van der Waals surface area contributed by atoms with E-state index in [4.69, 9.17) is 9.47 Å². The lowest BCUT2D eigenvalue weighted by atomic mass is 9.88. The highest BCUT2D eigenvalue weighted by atomic mass is 79.9. The van der Waals surface area contributed by atoms with Crippen LogP contribution in [0.15, 0.2) is 58.8 Å². The quantitative estimate of drug-likeness (QED) is 0.456. The van der Waals surface area contributed by atoms with Gasteiger partial charge in [-0.1, -0.05) is 38.1 Å². The first-order valence-electron chi connectivity index (χ1n) is 9.96. The molecule has 2 aromatic carbocycles. The number of amides is 2. The first-order chi connectivity index (χ1) is 15.3. The summed E-state index contributed by atoms with van der Waals surface area (Å²) in [5, 5.41) is 3.39. The highest BCUT2D eigenvalue weighted by Gasteiger charge is 2.30. The maximum atomic E-state index is 14.3. The fourth-order valence-electron chi connectivity index (χ4n) is 3.71. The highest BCUT2D eigenvalue weighted by molar-refractivity contribution is 9.10. The lowest BCUT2D eigenvalue weighted by Gasteiger charge is -2.21. The maximum Gasteiger partial charge on any atom is 0.419 e. The second-order valence-electron chi connectivity index (χ2n) is 7.74. The van der Waals surface area contributed by atoms with Gasteiger partial charge in [0.25, 0.3) is 5.91 Å². The summed E-state index contributed by atoms with van der Waals surface area (Å²) in [6, 6.07) is 12.3. The summed E-state index contributed by atoms with van der Waals surface area (Å²) in [6.45, 7) is 3.95. The molecule has 1 saturated heterocycles. The van der Waals surface area contributed by atoms with E-state index in [1.54, 1.807) is 18.2 Å². The molecule has 32 heavy (non-hydrogen) atoms. The van der Waals surface area contributed by atoms with Crippen molar-refractivity contribution in [2.45, 2.75) is 19.8 Å². The van der Waals surface area contributed by atoms with E-state index >= 15 is 0 Å². The van der Waals surface area contributed by atoms with E-state index in [0.29, 0.717) is 27.0 Å². The smallest absolute Gasteiger partial charge is 0.419 e. The van der Waals surface area contributed by atoms with Crippen LogP contribution in [0.4, 0.5) is 9.18 Å². The van der Waals surface area contributed by atoms with Gasteiger partial charge in [-0.2, -0.15) is 0 Å². The van der Waals surface area contributed by atoms with E-state index in [9.17, 15) is 14.0 Å². The molecule has 1 fully saturated rings. The number of pyridine rings is 1. The van der Waals surface area contributed by atoms with Crippen LogP contribution in [0.25, 0.3) is 22.0 Å². The number of nitrogens with zero attached hydrogens (tertiary/aromatic N) is 1. The minimum Gasteiger partial charge on any atom is -0.481 e. The molecule has 1 N–H and O–H groups in total. The number of halogens is 2. The zero-order valence-corrected chi connectivity index (χ0v) is 19.2. The third-order valence-electron chi connectivity index (χ3n) is 5.31. The number of cyclic esters (lactones) is 1. The lowest BCUT2D eigenvalue weighted by molar-refractivity contribution is -0.116. The van der Waals surface area contributed by atoms with Crippen molar-refractivity contribution in [1.29, 1.82) is 0 Å². The van der Waals surface area contributed by atoms with Crippen LogP contribution in [-0.2, 0) is 9.53 Å². The molecule has 0 aliphatic carbocycles. The number of rotatable bonds is 5. The Morgan fingerprint density at radius 3 is 2.62 bits per heavy atom. The number of carbonyl (C=O) groups excluding carboxylic acids is 2. The molecule has 2 amide bonds. The molecule has 0 spiro atoms. The van der Waals surface area contributed by atoms with E-state index in [0.717, 1.165) is 10.9 Å². The number of methoxy groups -OCH3 is 1. The zero-order chi connectivity index (χ0) is 23.0. The number of imide groups is 1. The molecule has 1 aliphatic heterocycles. The molecule has 6 nitrogen and oxygen atoms in total. The standard InChI is InChI=1S/C24H20BrFN2O4/c1-12(2)15(11-20-22(29)28-24(30)32-20)17-10-18(25)21(27-23(17)31-3)14-8-7-13-5-4-6-19(26)16(13)9-14/h4-12,15H,1-3H3,(H,28,29,30)/b20-11+. The second kappa shape index (κ2) is 8.70. The van der Waals surface area contributed by atoms with Gasteiger partial charge in [-0.05, 0) is 51.5 Å². The van der Waals surface area contributed by atoms with Crippen molar-refractivity contribution >= 4 is 38.7 Å². The largest absolute Gasteiger partial charge is 0.481 e. The minimum atomic E-state index is -0.797. The van der Waals surface area contributed by atoms with Crippen LogP contribution in [0.1, 0.15) is 25.3 Å². The molecular formula is C24H20BrFN2O4. The van der Waals surface area contributed by atoms with Gasteiger partial charge in [0.2, 0.25) is 5.88 Å². The number of alkyl carbamates (subject to hydrolysis) is 1. The topological polar surface area (TPSA) is 77.5 Å². The summed E-state index contributed by atoms with van der Waals surface area (Å²) in [6.07, 6.45) is 0.802. The van der Waals surface area contributed by atoms with Crippen LogP contribution in [0, 0.1) is 11.7 Å². The van der Waals surface area contributed by atoms with E-state index in [1.165, 1.54) is 13.2 Å². The summed E-state index contributed by atoms with van der Waals surface area (Å²) in [5.74, 6) is -0.860. The monoisotopic (exact) mass is 498 g/mol. The molecule has 1 aliphatic rings. The van der Waals surface area contributed by atoms with Crippen LogP contribution in [-0.4, -0.2) is 24.1 Å². The van der Waals surface area contributed by atoms with Crippen molar-refractivity contribution in [2.24, 2.45) is 5.92 Å². The van der Waals surface area contributed by atoms with Crippen molar-refractivity contribution in [2.75, 3.05) is 7.11 Å². The van der Waals surface area contributed by atoms with Crippen molar-refractivity contribution in [3.63, 3.8) is 0 Å². The Hall–Kier alpha value is -3.26. The first-order valence-corrected chi connectivity index (χ1v) is 10.8.